The van der Waals surface area contributed by atoms with Gasteiger partial charge in [0.2, 0.25) is 0 Å². The molecule has 3 N–H and O–H groups in total. The summed E-state index contributed by atoms with van der Waals surface area (Å²) in [7, 11) is 0. The van der Waals surface area contributed by atoms with E-state index in [1.54, 1.807) is 0 Å². The van der Waals surface area contributed by atoms with Gasteiger partial charge < -0.3 is 15.5 Å². The molecule has 0 amide bonds. The zero-order chi connectivity index (χ0) is 21.8. The van der Waals surface area contributed by atoms with Crippen molar-refractivity contribution in [1.29, 1.82) is 0 Å². The van der Waals surface area contributed by atoms with E-state index in [-0.39, 0.29) is 29.3 Å². The third kappa shape index (κ3) is 3.47. The quantitative estimate of drug-likeness (QED) is 0.594. The lowest BCUT2D eigenvalue weighted by atomic mass is 9.42. The highest BCUT2D eigenvalue weighted by Crippen LogP contribution is 2.67. The molecule has 0 bridgehead atoms. The molecule has 4 aliphatic carbocycles. The van der Waals surface area contributed by atoms with Crippen molar-refractivity contribution < 1.29 is 15.0 Å². The summed E-state index contributed by atoms with van der Waals surface area (Å²) < 4.78 is 0. The topological polar surface area (TPSA) is 69.6 Å². The van der Waals surface area contributed by atoms with Crippen molar-refractivity contribution in [1.82, 2.24) is 5.32 Å². The molecule has 1 saturated heterocycles. The molecule has 174 valence electrons. The number of piperidine rings is 1. The Bertz CT molecular complexity index is 715. The van der Waals surface area contributed by atoms with E-state index in [0.717, 1.165) is 38.8 Å². The Morgan fingerprint density at radius 2 is 1.71 bits per heavy atom. The van der Waals surface area contributed by atoms with Gasteiger partial charge >= 0.3 is 0 Å². The Hall–Kier alpha value is -0.710. The second kappa shape index (κ2) is 8.25. The molecule has 0 aromatic rings. The molecule has 31 heavy (non-hydrogen) atoms. The van der Waals surface area contributed by atoms with Gasteiger partial charge in [-0.15, -0.1) is 0 Å². The highest BCUT2D eigenvalue weighted by molar-refractivity contribution is 5.87. The highest BCUT2D eigenvalue weighted by atomic mass is 16.3. The van der Waals surface area contributed by atoms with Crippen molar-refractivity contribution in [3.05, 3.63) is 12.2 Å². The molecule has 5 fully saturated rings. The molecule has 0 radical (unpaired) electrons. The van der Waals surface area contributed by atoms with Gasteiger partial charge in [-0.05, 0) is 105 Å². The fourth-order valence-corrected chi connectivity index (χ4v) is 9.02. The second-order valence-electron chi connectivity index (χ2n) is 12.2. The number of aliphatic hydroxyl groups excluding tert-OH is 2. The largest absolute Gasteiger partial charge is 0.396 e. The minimum Gasteiger partial charge on any atom is -0.396 e. The SMILES string of the molecule is C[C@]12CCC(C=CC3CCNCC3)CC1C(CO)C(O)[C@@H]1[C@H]2CC[C@]2(C)C(=O)CC[C@@H]12. The van der Waals surface area contributed by atoms with Crippen LogP contribution in [0.25, 0.3) is 0 Å². The molecule has 9 atom stereocenters. The number of aliphatic hydroxyl groups is 2. The maximum atomic E-state index is 12.7. The van der Waals surface area contributed by atoms with Gasteiger partial charge in [0, 0.05) is 24.4 Å². The molecular formula is C27H43NO3. The van der Waals surface area contributed by atoms with Crippen molar-refractivity contribution in [3.63, 3.8) is 0 Å². The predicted molar refractivity (Wildman–Crippen MR) is 122 cm³/mol. The molecule has 1 aliphatic heterocycles. The maximum Gasteiger partial charge on any atom is 0.139 e. The Morgan fingerprint density at radius 1 is 0.968 bits per heavy atom. The van der Waals surface area contributed by atoms with E-state index in [9.17, 15) is 15.0 Å². The number of carbonyl (C=O) groups is 1. The molecule has 1 heterocycles. The van der Waals surface area contributed by atoms with Crippen LogP contribution in [0.3, 0.4) is 0 Å². The molecule has 4 nitrogen and oxygen atoms in total. The smallest absolute Gasteiger partial charge is 0.139 e. The summed E-state index contributed by atoms with van der Waals surface area (Å²) in [5.74, 6) is 3.03. The Labute approximate surface area is 188 Å². The summed E-state index contributed by atoms with van der Waals surface area (Å²) in [6, 6.07) is 0. The summed E-state index contributed by atoms with van der Waals surface area (Å²) in [5, 5.41) is 25.5. The zero-order valence-corrected chi connectivity index (χ0v) is 19.6. The molecule has 0 aromatic carbocycles. The lowest BCUT2D eigenvalue weighted by molar-refractivity contribution is -0.199. The molecule has 4 unspecified atom stereocenters. The monoisotopic (exact) mass is 429 g/mol. The van der Waals surface area contributed by atoms with Crippen LogP contribution in [-0.2, 0) is 4.79 Å². The average molecular weight is 430 g/mol. The van der Waals surface area contributed by atoms with E-state index in [0.29, 0.717) is 41.8 Å². The van der Waals surface area contributed by atoms with Gasteiger partial charge in [-0.3, -0.25) is 4.79 Å². The first kappa shape index (κ1) is 22.1. The highest BCUT2D eigenvalue weighted by Gasteiger charge is 2.64. The number of hydrogen-bond acceptors (Lipinski definition) is 4. The summed E-state index contributed by atoms with van der Waals surface area (Å²) >= 11 is 0. The molecule has 0 spiro atoms. The van der Waals surface area contributed by atoms with Gasteiger partial charge in [-0.1, -0.05) is 26.0 Å². The van der Waals surface area contributed by atoms with E-state index in [4.69, 9.17) is 0 Å². The van der Waals surface area contributed by atoms with E-state index in [1.165, 1.54) is 25.7 Å². The van der Waals surface area contributed by atoms with Gasteiger partial charge in [0.05, 0.1) is 6.10 Å². The van der Waals surface area contributed by atoms with Crippen LogP contribution in [0.2, 0.25) is 0 Å². The lowest BCUT2D eigenvalue weighted by Crippen LogP contribution is -2.62. The number of nitrogens with one attached hydrogen (secondary N) is 1. The maximum absolute atomic E-state index is 12.7. The van der Waals surface area contributed by atoms with Crippen LogP contribution in [0, 0.1) is 52.3 Å². The number of Topliss-reactive ketones (excluding diaryl/α,β-unsaturated/α-hetero) is 1. The van der Waals surface area contributed by atoms with Crippen molar-refractivity contribution >= 4 is 5.78 Å². The Balaban J connectivity index is 1.38. The van der Waals surface area contributed by atoms with Gasteiger partial charge in [0.15, 0.2) is 0 Å². The second-order valence-corrected chi connectivity index (χ2v) is 12.2. The number of carbonyl (C=O) groups excluding carboxylic acids is 1. The number of ketones is 1. The predicted octanol–water partition coefficient (Wildman–Crippen LogP) is 3.96. The van der Waals surface area contributed by atoms with Crippen molar-refractivity contribution in [2.45, 2.75) is 77.7 Å². The molecule has 0 aromatic heterocycles. The summed E-state index contributed by atoms with van der Waals surface area (Å²) in [6.45, 7) is 6.97. The molecule has 4 heteroatoms. The van der Waals surface area contributed by atoms with E-state index >= 15 is 0 Å². The molecular weight excluding hydrogens is 386 g/mol. The van der Waals surface area contributed by atoms with Crippen molar-refractivity contribution in [2.75, 3.05) is 19.7 Å². The summed E-state index contributed by atoms with van der Waals surface area (Å²) in [4.78, 5) is 12.7. The Morgan fingerprint density at radius 3 is 2.45 bits per heavy atom. The van der Waals surface area contributed by atoms with Gasteiger partial charge in [-0.25, -0.2) is 0 Å². The first-order chi connectivity index (χ1) is 14.9. The Kier molecular flexibility index (Phi) is 5.88. The number of rotatable bonds is 3. The van der Waals surface area contributed by atoms with Crippen LogP contribution in [0.5, 0.6) is 0 Å². The van der Waals surface area contributed by atoms with Crippen molar-refractivity contribution in [3.8, 4) is 0 Å². The van der Waals surface area contributed by atoms with E-state index in [1.807, 2.05) is 0 Å². The third-order valence-electron chi connectivity index (χ3n) is 10.9. The fraction of sp³-hybridized carbons (Fsp3) is 0.889. The van der Waals surface area contributed by atoms with Crippen LogP contribution < -0.4 is 5.32 Å². The van der Waals surface area contributed by atoms with Crippen LogP contribution in [0.4, 0.5) is 0 Å². The minimum atomic E-state index is -0.462. The van der Waals surface area contributed by atoms with Crippen LogP contribution in [0.1, 0.15) is 71.6 Å². The van der Waals surface area contributed by atoms with Gasteiger partial charge in [0.1, 0.15) is 5.78 Å². The van der Waals surface area contributed by atoms with Crippen LogP contribution in [0.15, 0.2) is 12.2 Å². The first-order valence-corrected chi connectivity index (χ1v) is 13.1. The minimum absolute atomic E-state index is 0.0422. The average Bonchev–Trinajstić information content (AvgIpc) is 3.08. The normalized spacial score (nSPS) is 50.8. The third-order valence-corrected chi connectivity index (χ3v) is 10.9. The molecule has 5 aliphatic rings. The van der Waals surface area contributed by atoms with Crippen LogP contribution in [-0.4, -0.2) is 41.8 Å². The zero-order valence-electron chi connectivity index (χ0n) is 19.6. The summed E-state index contributed by atoms with van der Waals surface area (Å²) in [5.41, 5.74) is -0.0521. The first-order valence-electron chi connectivity index (χ1n) is 13.1. The molecule has 4 saturated carbocycles. The lowest BCUT2D eigenvalue weighted by Gasteiger charge is -2.63. The number of hydrogen-bond donors (Lipinski definition) is 3. The van der Waals surface area contributed by atoms with Gasteiger partial charge in [0.25, 0.3) is 0 Å². The van der Waals surface area contributed by atoms with E-state index < -0.39 is 6.10 Å². The number of allylic oxidation sites excluding steroid dienone is 2. The van der Waals surface area contributed by atoms with Gasteiger partial charge in [-0.2, -0.15) is 0 Å². The summed E-state index contributed by atoms with van der Waals surface area (Å²) in [6.07, 6.45) is 14.2. The van der Waals surface area contributed by atoms with Crippen molar-refractivity contribution in [2.24, 2.45) is 52.3 Å². The van der Waals surface area contributed by atoms with E-state index in [2.05, 4.69) is 31.3 Å². The molecule has 5 rings (SSSR count). The van der Waals surface area contributed by atoms with Crippen LogP contribution >= 0.6 is 0 Å². The standard InChI is InChI=1S/C27H43NO3/c1-26-11-7-18(4-3-17-9-13-28-14-10-17)15-22(26)19(16-29)25(31)24-20-5-6-23(30)27(20,2)12-8-21(24)26/h3-4,17-22,24-25,28-29,31H,5-16H2,1-2H3/t18?,19?,20-,21+,22?,24-,25?,26+,27-/m0/s1. The number of fused-ring (bicyclic) bond motifs is 5. The fourth-order valence-electron chi connectivity index (χ4n) is 9.02.